The average Bonchev–Trinajstić information content (AvgIpc) is 2.46. The van der Waals surface area contributed by atoms with Gasteiger partial charge in [-0.25, -0.2) is 0 Å². The molecular formula is C13H7F3N2O3. The van der Waals surface area contributed by atoms with Crippen molar-refractivity contribution < 1.29 is 22.9 Å². The van der Waals surface area contributed by atoms with Gasteiger partial charge in [0.05, 0.1) is 10.5 Å². The van der Waals surface area contributed by atoms with E-state index in [-0.39, 0.29) is 5.69 Å². The highest BCUT2D eigenvalue weighted by Crippen LogP contribution is 2.33. The van der Waals surface area contributed by atoms with Gasteiger partial charge in [0, 0.05) is 23.9 Å². The molecule has 5 nitrogen and oxygen atoms in total. The minimum Gasteiger partial charge on any atom is -0.287 e. The fourth-order valence-electron chi connectivity index (χ4n) is 1.66. The summed E-state index contributed by atoms with van der Waals surface area (Å²) in [6.07, 6.45) is -3.49. The van der Waals surface area contributed by atoms with Gasteiger partial charge in [0.15, 0.2) is 0 Å². The Morgan fingerprint density at radius 2 is 1.90 bits per heavy atom. The standard InChI is InChI=1S/C13H7F3N2O3/c14-13(15,16)9-5-8(6-10(7-9)18(20)21)12(19)11-3-1-2-4-17-11/h1-7H. The first-order chi connectivity index (χ1) is 9.79. The van der Waals surface area contributed by atoms with E-state index in [9.17, 15) is 28.1 Å². The van der Waals surface area contributed by atoms with Crippen LogP contribution in [0.3, 0.4) is 0 Å². The minimum atomic E-state index is -4.79. The second-order valence-corrected chi connectivity index (χ2v) is 4.07. The van der Waals surface area contributed by atoms with Crippen LogP contribution in [-0.2, 0) is 6.18 Å². The van der Waals surface area contributed by atoms with Crippen molar-refractivity contribution in [2.45, 2.75) is 6.18 Å². The summed E-state index contributed by atoms with van der Waals surface area (Å²) in [5, 5.41) is 10.7. The second kappa shape index (κ2) is 5.31. The van der Waals surface area contributed by atoms with E-state index in [0.717, 1.165) is 6.07 Å². The van der Waals surface area contributed by atoms with Gasteiger partial charge in [-0.1, -0.05) is 6.07 Å². The molecule has 0 bridgehead atoms. The number of hydrogen-bond acceptors (Lipinski definition) is 4. The van der Waals surface area contributed by atoms with Gasteiger partial charge < -0.3 is 0 Å². The van der Waals surface area contributed by atoms with Crippen LogP contribution in [-0.4, -0.2) is 15.7 Å². The molecule has 21 heavy (non-hydrogen) atoms. The van der Waals surface area contributed by atoms with Crippen molar-refractivity contribution in [1.29, 1.82) is 0 Å². The van der Waals surface area contributed by atoms with E-state index in [2.05, 4.69) is 4.98 Å². The summed E-state index contributed by atoms with van der Waals surface area (Å²) in [6.45, 7) is 0. The van der Waals surface area contributed by atoms with Gasteiger partial charge in [0.2, 0.25) is 5.78 Å². The zero-order chi connectivity index (χ0) is 15.6. The lowest BCUT2D eigenvalue weighted by Gasteiger charge is -2.08. The molecule has 0 saturated heterocycles. The maximum Gasteiger partial charge on any atom is 0.416 e. The summed E-state index contributed by atoms with van der Waals surface area (Å²) >= 11 is 0. The van der Waals surface area contributed by atoms with Crippen molar-refractivity contribution in [3.05, 3.63) is 69.5 Å². The third kappa shape index (κ3) is 3.22. The van der Waals surface area contributed by atoms with E-state index in [4.69, 9.17) is 0 Å². The Bertz CT molecular complexity index is 700. The zero-order valence-electron chi connectivity index (χ0n) is 10.3. The van der Waals surface area contributed by atoms with Crippen LogP contribution in [0.4, 0.5) is 18.9 Å². The van der Waals surface area contributed by atoms with Gasteiger partial charge in [-0.15, -0.1) is 0 Å². The highest BCUT2D eigenvalue weighted by atomic mass is 19.4. The van der Waals surface area contributed by atoms with E-state index in [1.54, 1.807) is 0 Å². The van der Waals surface area contributed by atoms with Crippen molar-refractivity contribution in [3.63, 3.8) is 0 Å². The number of nitro benzene ring substituents is 1. The van der Waals surface area contributed by atoms with Gasteiger partial charge in [0.25, 0.3) is 5.69 Å². The molecule has 0 amide bonds. The first-order valence-corrected chi connectivity index (χ1v) is 5.61. The molecule has 0 aliphatic heterocycles. The van der Waals surface area contributed by atoms with Gasteiger partial charge in [-0.2, -0.15) is 13.2 Å². The highest BCUT2D eigenvalue weighted by Gasteiger charge is 2.33. The lowest BCUT2D eigenvalue weighted by Crippen LogP contribution is -2.10. The van der Waals surface area contributed by atoms with Crippen molar-refractivity contribution >= 4 is 11.5 Å². The molecule has 0 radical (unpaired) electrons. The Kier molecular flexibility index (Phi) is 3.70. The number of hydrogen-bond donors (Lipinski definition) is 0. The monoisotopic (exact) mass is 296 g/mol. The Hall–Kier alpha value is -2.77. The van der Waals surface area contributed by atoms with Crippen molar-refractivity contribution in [1.82, 2.24) is 4.98 Å². The molecule has 0 fully saturated rings. The van der Waals surface area contributed by atoms with E-state index < -0.39 is 33.7 Å². The van der Waals surface area contributed by atoms with Gasteiger partial charge in [-0.3, -0.25) is 19.9 Å². The number of rotatable bonds is 3. The Balaban J connectivity index is 2.56. The normalized spacial score (nSPS) is 11.2. The number of benzene rings is 1. The highest BCUT2D eigenvalue weighted by molar-refractivity contribution is 6.08. The summed E-state index contributed by atoms with van der Waals surface area (Å²) in [7, 11) is 0. The van der Waals surface area contributed by atoms with E-state index in [1.807, 2.05) is 0 Å². The molecule has 0 aliphatic rings. The third-order valence-electron chi connectivity index (χ3n) is 2.62. The number of aromatic nitrogens is 1. The predicted octanol–water partition coefficient (Wildman–Crippen LogP) is 3.24. The van der Waals surface area contributed by atoms with Crippen LogP contribution in [0.1, 0.15) is 21.6 Å². The maximum atomic E-state index is 12.7. The van der Waals surface area contributed by atoms with Crippen LogP contribution >= 0.6 is 0 Å². The fraction of sp³-hybridized carbons (Fsp3) is 0.0769. The quantitative estimate of drug-likeness (QED) is 0.495. The molecule has 0 atom stereocenters. The van der Waals surface area contributed by atoms with Crippen LogP contribution in [0.25, 0.3) is 0 Å². The Labute approximate surface area is 116 Å². The molecule has 0 unspecified atom stereocenters. The van der Waals surface area contributed by atoms with Gasteiger partial charge in [0.1, 0.15) is 5.69 Å². The summed E-state index contributed by atoms with van der Waals surface area (Å²) in [4.78, 5) is 25.5. The van der Waals surface area contributed by atoms with Crippen LogP contribution in [0.5, 0.6) is 0 Å². The molecule has 2 aromatic rings. The maximum absolute atomic E-state index is 12.7. The average molecular weight is 296 g/mol. The number of pyridine rings is 1. The summed E-state index contributed by atoms with van der Waals surface area (Å²) in [6, 6.07) is 6.09. The molecular weight excluding hydrogens is 289 g/mol. The molecule has 8 heteroatoms. The topological polar surface area (TPSA) is 73.1 Å². The lowest BCUT2D eigenvalue weighted by molar-refractivity contribution is -0.385. The smallest absolute Gasteiger partial charge is 0.287 e. The fourth-order valence-corrected chi connectivity index (χ4v) is 1.66. The molecule has 1 heterocycles. The van der Waals surface area contributed by atoms with Crippen molar-refractivity contribution in [2.75, 3.05) is 0 Å². The first-order valence-electron chi connectivity index (χ1n) is 5.61. The molecule has 0 saturated carbocycles. The van der Waals surface area contributed by atoms with Crippen molar-refractivity contribution in [3.8, 4) is 0 Å². The van der Waals surface area contributed by atoms with Crippen molar-refractivity contribution in [2.24, 2.45) is 0 Å². The SMILES string of the molecule is O=C(c1cc([N+](=O)[O-])cc(C(F)(F)F)c1)c1ccccn1. The van der Waals surface area contributed by atoms with Crippen LogP contribution in [0.2, 0.25) is 0 Å². The molecule has 0 spiro atoms. The number of halogens is 3. The second-order valence-electron chi connectivity index (χ2n) is 4.07. The number of carbonyl (C=O) groups is 1. The molecule has 0 aliphatic carbocycles. The molecule has 2 rings (SSSR count). The largest absolute Gasteiger partial charge is 0.416 e. The van der Waals surface area contributed by atoms with Gasteiger partial charge in [-0.05, 0) is 18.2 Å². The third-order valence-corrected chi connectivity index (χ3v) is 2.62. The van der Waals surface area contributed by atoms with Crippen LogP contribution in [0, 0.1) is 10.1 Å². The number of nitro groups is 1. The summed E-state index contributed by atoms with van der Waals surface area (Å²) < 4.78 is 38.2. The first kappa shape index (κ1) is 14.6. The molecule has 108 valence electrons. The van der Waals surface area contributed by atoms with E-state index in [1.165, 1.54) is 24.4 Å². The van der Waals surface area contributed by atoms with E-state index in [0.29, 0.717) is 12.1 Å². The number of alkyl halides is 3. The summed E-state index contributed by atoms with van der Waals surface area (Å²) in [5.74, 6) is -0.815. The molecule has 1 aromatic heterocycles. The van der Waals surface area contributed by atoms with E-state index >= 15 is 0 Å². The molecule has 1 aromatic carbocycles. The van der Waals surface area contributed by atoms with Gasteiger partial charge >= 0.3 is 6.18 Å². The van der Waals surface area contributed by atoms with Crippen LogP contribution < -0.4 is 0 Å². The number of carbonyl (C=O) groups excluding carboxylic acids is 1. The number of nitrogens with zero attached hydrogens (tertiary/aromatic N) is 2. The number of ketones is 1. The predicted molar refractivity (Wildman–Crippen MR) is 65.8 cm³/mol. The lowest BCUT2D eigenvalue weighted by atomic mass is 10.0. The van der Waals surface area contributed by atoms with Crippen LogP contribution in [0.15, 0.2) is 42.6 Å². The Morgan fingerprint density at radius 1 is 1.19 bits per heavy atom. The Morgan fingerprint density at radius 3 is 2.43 bits per heavy atom. The number of non-ortho nitro benzene ring substituents is 1. The zero-order valence-corrected chi connectivity index (χ0v) is 10.3. The summed E-state index contributed by atoms with van der Waals surface area (Å²) in [5.41, 5.74) is -2.58. The minimum absolute atomic E-state index is 0.0916. The molecule has 0 N–H and O–H groups in total.